The highest BCUT2D eigenvalue weighted by atomic mass is 79.9. The van der Waals surface area contributed by atoms with Gasteiger partial charge in [0, 0.05) is 10.7 Å². The molecule has 0 amide bonds. The van der Waals surface area contributed by atoms with Crippen molar-refractivity contribution in [3.63, 3.8) is 0 Å². The van der Waals surface area contributed by atoms with E-state index < -0.39 is 0 Å². The van der Waals surface area contributed by atoms with E-state index in [9.17, 15) is 0 Å². The number of nitrogens with zero attached hydrogens (tertiary/aromatic N) is 2. The van der Waals surface area contributed by atoms with Crippen molar-refractivity contribution in [1.82, 2.24) is 8.81 Å². The number of rotatable bonds is 1. The molecule has 2 rings (SSSR count). The Hall–Kier alpha value is -0.350. The Kier molecular flexibility index (Phi) is 2.19. The van der Waals surface area contributed by atoms with Gasteiger partial charge in [-0.1, -0.05) is 28.1 Å². The Morgan fingerprint density at radius 3 is 3.00 bits per heavy atom. The van der Waals surface area contributed by atoms with Crippen LogP contribution in [0.4, 0.5) is 0 Å². The summed E-state index contributed by atoms with van der Waals surface area (Å²) in [4.78, 5) is 0. The zero-order chi connectivity index (χ0) is 8.55. The van der Waals surface area contributed by atoms with E-state index in [0.29, 0.717) is 0 Å². The Labute approximate surface area is 87.0 Å². The molecule has 0 aliphatic carbocycles. The average Bonchev–Trinajstić information content (AvgIpc) is 2.47. The number of halogens is 2. The molecule has 2 aromatic rings. The molecule has 0 aliphatic rings. The van der Waals surface area contributed by atoms with Gasteiger partial charge in [0.1, 0.15) is 0 Å². The van der Waals surface area contributed by atoms with Gasteiger partial charge in [-0.3, -0.25) is 0 Å². The summed E-state index contributed by atoms with van der Waals surface area (Å²) in [7, 11) is 0. The Bertz CT molecular complexity index is 408. The first-order valence-corrected chi connectivity index (χ1v) is 5.33. The van der Waals surface area contributed by atoms with Gasteiger partial charge in [-0.05, 0) is 11.6 Å². The molecule has 0 spiro atoms. The fraction of sp³-hybridized carbons (Fsp3) is 0.125. The number of alkyl halides is 1. The third-order valence-corrected chi connectivity index (χ3v) is 2.96. The molecule has 4 heteroatoms. The lowest BCUT2D eigenvalue weighted by molar-refractivity contribution is 1.06. The second-order valence-corrected chi connectivity index (χ2v) is 3.76. The number of hydrogen-bond donors (Lipinski definition) is 0. The van der Waals surface area contributed by atoms with Crippen LogP contribution in [-0.4, -0.2) is 8.81 Å². The van der Waals surface area contributed by atoms with Crippen molar-refractivity contribution in [3.8, 4) is 0 Å². The van der Waals surface area contributed by atoms with Crippen LogP contribution in [0.3, 0.4) is 0 Å². The second-order valence-electron chi connectivity index (χ2n) is 2.53. The molecule has 0 bridgehead atoms. The summed E-state index contributed by atoms with van der Waals surface area (Å²) in [5.41, 5.74) is 2.36. The number of fused-ring (bicyclic) bond motifs is 1. The third kappa shape index (κ3) is 1.29. The van der Waals surface area contributed by atoms with E-state index in [-0.39, 0.29) is 0 Å². The molecule has 0 fully saturated rings. The molecule has 0 saturated heterocycles. The molecule has 0 unspecified atom stereocenters. The van der Waals surface area contributed by atoms with Crippen LogP contribution in [0, 0.1) is 0 Å². The zero-order valence-corrected chi connectivity index (χ0v) is 9.34. The molecule has 0 aliphatic heterocycles. The highest BCUT2D eigenvalue weighted by molar-refractivity contribution is 9.08. The summed E-state index contributed by atoms with van der Waals surface area (Å²) in [6.07, 6.45) is 1.84. The van der Waals surface area contributed by atoms with E-state index in [1.807, 2.05) is 6.20 Å². The standard InChI is InChI=1S/C8H6Br2N2/c9-4-6-1-2-7-5-11-12(10)8(7)3-6/h1-3,5H,4H2. The summed E-state index contributed by atoms with van der Waals surface area (Å²) in [6.45, 7) is 0. The number of hydrogen-bond acceptors (Lipinski definition) is 1. The minimum absolute atomic E-state index is 0.876. The predicted octanol–water partition coefficient (Wildman–Crippen LogP) is 3.09. The first-order chi connectivity index (χ1) is 5.81. The molecule has 1 aromatic carbocycles. The Balaban J connectivity index is 2.71. The number of aromatic nitrogens is 2. The van der Waals surface area contributed by atoms with Crippen molar-refractivity contribution >= 4 is 43.0 Å². The molecular weight excluding hydrogens is 284 g/mol. The van der Waals surface area contributed by atoms with Gasteiger partial charge in [0.25, 0.3) is 0 Å². The topological polar surface area (TPSA) is 17.8 Å². The molecule has 0 saturated carbocycles. The molecule has 12 heavy (non-hydrogen) atoms. The van der Waals surface area contributed by atoms with Crippen LogP contribution in [0.1, 0.15) is 5.56 Å². The van der Waals surface area contributed by atoms with Crippen LogP contribution in [0.25, 0.3) is 10.9 Å². The molecule has 0 atom stereocenters. The van der Waals surface area contributed by atoms with E-state index in [0.717, 1.165) is 16.2 Å². The largest absolute Gasteiger partial charge is 0.197 e. The maximum absolute atomic E-state index is 4.09. The summed E-state index contributed by atoms with van der Waals surface area (Å²) in [6, 6.07) is 6.26. The molecule has 0 N–H and O–H groups in total. The molecule has 62 valence electrons. The monoisotopic (exact) mass is 288 g/mol. The Morgan fingerprint density at radius 2 is 2.25 bits per heavy atom. The van der Waals surface area contributed by atoms with Gasteiger partial charge >= 0.3 is 0 Å². The van der Waals surface area contributed by atoms with Gasteiger partial charge in [0.2, 0.25) is 0 Å². The van der Waals surface area contributed by atoms with Gasteiger partial charge in [-0.25, -0.2) is 0 Å². The smallest absolute Gasteiger partial charge is 0.0816 e. The van der Waals surface area contributed by atoms with Gasteiger partial charge < -0.3 is 0 Å². The highest BCUT2D eigenvalue weighted by Gasteiger charge is 2.00. The SMILES string of the molecule is BrCc1ccc2cnn(Br)c2c1. The fourth-order valence-electron chi connectivity index (χ4n) is 1.12. The molecule has 1 heterocycles. The summed E-state index contributed by atoms with van der Waals surface area (Å²) >= 11 is 6.73. The lowest BCUT2D eigenvalue weighted by Gasteiger charge is -1.95. The van der Waals surface area contributed by atoms with Gasteiger partial charge in [0.05, 0.1) is 27.9 Å². The van der Waals surface area contributed by atoms with E-state index >= 15 is 0 Å². The molecule has 2 nitrogen and oxygen atoms in total. The van der Waals surface area contributed by atoms with Gasteiger partial charge in [-0.15, -0.1) is 0 Å². The average molecular weight is 290 g/mol. The summed E-state index contributed by atoms with van der Waals surface area (Å²) < 4.78 is 1.70. The van der Waals surface area contributed by atoms with Crippen LogP contribution < -0.4 is 0 Å². The normalized spacial score (nSPS) is 10.8. The minimum Gasteiger partial charge on any atom is -0.197 e. The Morgan fingerprint density at radius 1 is 1.42 bits per heavy atom. The van der Waals surface area contributed by atoms with Crippen molar-refractivity contribution in [2.75, 3.05) is 0 Å². The van der Waals surface area contributed by atoms with Crippen LogP contribution in [0.5, 0.6) is 0 Å². The van der Waals surface area contributed by atoms with Gasteiger partial charge in [0.15, 0.2) is 0 Å². The first kappa shape index (κ1) is 8.26. The third-order valence-electron chi connectivity index (χ3n) is 1.75. The minimum atomic E-state index is 0.876. The lowest BCUT2D eigenvalue weighted by Crippen LogP contribution is -1.81. The van der Waals surface area contributed by atoms with Crippen LogP contribution >= 0.6 is 32.1 Å². The van der Waals surface area contributed by atoms with Crippen molar-refractivity contribution in [1.29, 1.82) is 0 Å². The second kappa shape index (κ2) is 3.18. The lowest BCUT2D eigenvalue weighted by atomic mass is 10.2. The van der Waals surface area contributed by atoms with Crippen molar-refractivity contribution < 1.29 is 0 Å². The van der Waals surface area contributed by atoms with Crippen molar-refractivity contribution in [2.24, 2.45) is 0 Å². The quantitative estimate of drug-likeness (QED) is 0.738. The maximum Gasteiger partial charge on any atom is 0.0816 e. The summed E-state index contributed by atoms with van der Waals surface area (Å²) in [5, 5.41) is 6.11. The highest BCUT2D eigenvalue weighted by Crippen LogP contribution is 2.18. The van der Waals surface area contributed by atoms with Crippen LogP contribution in [0.15, 0.2) is 24.4 Å². The molecular formula is C8H6Br2N2. The molecule has 1 aromatic heterocycles. The summed E-state index contributed by atoms with van der Waals surface area (Å²) in [5.74, 6) is 0. The first-order valence-electron chi connectivity index (χ1n) is 3.50. The predicted molar refractivity (Wildman–Crippen MR) is 56.7 cm³/mol. The van der Waals surface area contributed by atoms with E-state index in [1.165, 1.54) is 5.56 Å². The molecule has 0 radical (unpaired) electrons. The number of benzene rings is 1. The maximum atomic E-state index is 4.09. The fourth-order valence-corrected chi connectivity index (χ4v) is 1.86. The van der Waals surface area contributed by atoms with Crippen LogP contribution in [-0.2, 0) is 5.33 Å². The van der Waals surface area contributed by atoms with E-state index in [1.54, 1.807) is 3.71 Å². The van der Waals surface area contributed by atoms with Crippen molar-refractivity contribution in [3.05, 3.63) is 30.0 Å². The van der Waals surface area contributed by atoms with Crippen LogP contribution in [0.2, 0.25) is 0 Å². The van der Waals surface area contributed by atoms with Gasteiger partial charge in [-0.2, -0.15) is 8.81 Å². The van der Waals surface area contributed by atoms with E-state index in [4.69, 9.17) is 0 Å². The van der Waals surface area contributed by atoms with Crippen molar-refractivity contribution in [2.45, 2.75) is 5.33 Å². The zero-order valence-electron chi connectivity index (χ0n) is 6.17. The van der Waals surface area contributed by atoms with E-state index in [2.05, 4.69) is 55.4 Å².